The van der Waals surface area contributed by atoms with Crippen molar-refractivity contribution in [3.05, 3.63) is 150 Å². The first-order valence-electron chi connectivity index (χ1n) is 12.4. The molecule has 5 aromatic carbocycles. The lowest BCUT2D eigenvalue weighted by molar-refractivity contribution is 1.32. The van der Waals surface area contributed by atoms with Gasteiger partial charge in [-0.25, -0.2) is 4.98 Å². The van der Waals surface area contributed by atoms with Crippen LogP contribution in [-0.4, -0.2) is 4.98 Å². The van der Waals surface area contributed by atoms with Crippen LogP contribution in [-0.2, 0) is 0 Å². The lowest BCUT2D eigenvalue weighted by Gasteiger charge is -2.23. The van der Waals surface area contributed by atoms with Gasteiger partial charge in [0.15, 0.2) is 0 Å². The fourth-order valence-corrected chi connectivity index (χ4v) is 5.14. The van der Waals surface area contributed by atoms with Crippen molar-refractivity contribution in [3.8, 4) is 55.9 Å². The van der Waals surface area contributed by atoms with Gasteiger partial charge in [-0.05, 0) is 28.8 Å². The number of rotatable bonds is 5. The first-order valence-corrected chi connectivity index (χ1v) is 13.1. The maximum Gasteiger partial charge on any atom is 0.0794 e. The Kier molecular flexibility index (Phi) is 6.49. The number of benzene rings is 5. The van der Waals surface area contributed by atoms with Crippen LogP contribution >= 0.6 is 15.9 Å². The third-order valence-electron chi connectivity index (χ3n) is 6.55. The Balaban J connectivity index is 1.84. The minimum Gasteiger partial charge on any atom is -0.246 e. The minimum absolute atomic E-state index is 0.975. The third kappa shape index (κ3) is 4.64. The average Bonchev–Trinajstić information content (AvgIpc) is 2.98. The predicted octanol–water partition coefficient (Wildman–Crippen LogP) is 10.2. The van der Waals surface area contributed by atoms with Crippen molar-refractivity contribution < 1.29 is 0 Å². The Morgan fingerprint density at radius 2 is 0.649 bits per heavy atom. The summed E-state index contributed by atoms with van der Waals surface area (Å²) in [6.45, 7) is 0. The molecule has 0 aliphatic carbocycles. The second-order valence-electron chi connectivity index (χ2n) is 8.91. The molecule has 0 bridgehead atoms. The van der Waals surface area contributed by atoms with E-state index in [0.717, 1.165) is 54.8 Å². The van der Waals surface area contributed by atoms with E-state index in [4.69, 9.17) is 4.98 Å². The lowest BCUT2D eigenvalue weighted by Crippen LogP contribution is -2.01. The van der Waals surface area contributed by atoms with E-state index in [2.05, 4.69) is 162 Å². The second kappa shape index (κ2) is 10.4. The molecule has 6 aromatic rings. The van der Waals surface area contributed by atoms with Crippen molar-refractivity contribution in [1.82, 2.24) is 4.98 Å². The quantitative estimate of drug-likeness (QED) is 0.213. The molecular formula is C35H24BrN. The molecule has 0 amide bonds. The molecule has 176 valence electrons. The van der Waals surface area contributed by atoms with E-state index in [1.54, 1.807) is 0 Å². The van der Waals surface area contributed by atoms with Crippen molar-refractivity contribution in [2.24, 2.45) is 0 Å². The second-order valence-corrected chi connectivity index (χ2v) is 9.82. The monoisotopic (exact) mass is 537 g/mol. The van der Waals surface area contributed by atoms with E-state index in [-0.39, 0.29) is 0 Å². The maximum absolute atomic E-state index is 5.46. The molecule has 0 unspecified atom stereocenters. The molecule has 0 saturated carbocycles. The first-order chi connectivity index (χ1) is 18.3. The molecule has 37 heavy (non-hydrogen) atoms. The van der Waals surface area contributed by atoms with Crippen LogP contribution in [0.25, 0.3) is 55.9 Å². The van der Waals surface area contributed by atoms with E-state index in [1.165, 1.54) is 5.56 Å². The van der Waals surface area contributed by atoms with Gasteiger partial charge in [0.05, 0.1) is 11.4 Å². The zero-order valence-electron chi connectivity index (χ0n) is 20.2. The van der Waals surface area contributed by atoms with Crippen LogP contribution in [0.3, 0.4) is 0 Å². The molecular weight excluding hydrogens is 514 g/mol. The topological polar surface area (TPSA) is 12.9 Å². The van der Waals surface area contributed by atoms with Crippen LogP contribution in [0.4, 0.5) is 0 Å². The molecule has 0 atom stereocenters. The number of aromatic nitrogens is 1. The highest BCUT2D eigenvalue weighted by molar-refractivity contribution is 9.10. The minimum atomic E-state index is 0.975. The molecule has 0 aliphatic rings. The van der Waals surface area contributed by atoms with Gasteiger partial charge in [-0.15, -0.1) is 0 Å². The Morgan fingerprint density at radius 3 is 1.03 bits per heavy atom. The number of nitrogens with zero attached hydrogens (tertiary/aromatic N) is 1. The molecule has 1 heterocycles. The zero-order valence-corrected chi connectivity index (χ0v) is 21.8. The average molecular weight is 538 g/mol. The van der Waals surface area contributed by atoms with E-state index in [9.17, 15) is 0 Å². The van der Waals surface area contributed by atoms with Crippen molar-refractivity contribution in [3.63, 3.8) is 0 Å². The van der Waals surface area contributed by atoms with Crippen molar-refractivity contribution in [2.75, 3.05) is 0 Å². The van der Waals surface area contributed by atoms with Gasteiger partial charge in [0.25, 0.3) is 0 Å². The van der Waals surface area contributed by atoms with Crippen LogP contribution in [0.2, 0.25) is 0 Å². The Morgan fingerprint density at radius 1 is 0.324 bits per heavy atom. The van der Waals surface area contributed by atoms with Crippen molar-refractivity contribution in [2.45, 2.75) is 0 Å². The summed E-state index contributed by atoms with van der Waals surface area (Å²) in [6, 6.07) is 50.9. The summed E-state index contributed by atoms with van der Waals surface area (Å²) in [5.41, 5.74) is 11.0. The summed E-state index contributed by atoms with van der Waals surface area (Å²) in [6.07, 6.45) is 0. The van der Waals surface area contributed by atoms with Crippen LogP contribution < -0.4 is 0 Å². The molecule has 2 heteroatoms. The molecule has 1 aromatic heterocycles. The zero-order chi connectivity index (χ0) is 25.0. The van der Waals surface area contributed by atoms with Gasteiger partial charge in [-0.2, -0.15) is 0 Å². The summed E-state index contributed by atoms with van der Waals surface area (Å²) < 4.78 is 1.05. The number of pyridine rings is 1. The van der Waals surface area contributed by atoms with Crippen LogP contribution in [0.1, 0.15) is 0 Å². The van der Waals surface area contributed by atoms with Crippen LogP contribution in [0.15, 0.2) is 150 Å². The molecule has 0 fully saturated rings. The smallest absolute Gasteiger partial charge is 0.0794 e. The maximum atomic E-state index is 5.46. The molecule has 0 radical (unpaired) electrons. The van der Waals surface area contributed by atoms with Gasteiger partial charge in [0.1, 0.15) is 0 Å². The van der Waals surface area contributed by atoms with Crippen molar-refractivity contribution >= 4 is 15.9 Å². The predicted molar refractivity (Wildman–Crippen MR) is 159 cm³/mol. The van der Waals surface area contributed by atoms with Gasteiger partial charge < -0.3 is 0 Å². The molecule has 6 rings (SSSR count). The van der Waals surface area contributed by atoms with E-state index >= 15 is 0 Å². The molecule has 0 saturated heterocycles. The summed E-state index contributed by atoms with van der Waals surface area (Å²) >= 11 is 3.63. The van der Waals surface area contributed by atoms with Crippen molar-refractivity contribution in [1.29, 1.82) is 0 Å². The fourth-order valence-electron chi connectivity index (χ4n) is 4.87. The summed E-state index contributed by atoms with van der Waals surface area (Å²) in [7, 11) is 0. The molecule has 1 nitrogen and oxygen atoms in total. The first kappa shape index (κ1) is 23.1. The summed E-state index contributed by atoms with van der Waals surface area (Å²) in [5.74, 6) is 0. The molecule has 0 spiro atoms. The highest BCUT2D eigenvalue weighted by Gasteiger charge is 2.24. The largest absolute Gasteiger partial charge is 0.246 e. The third-order valence-corrected chi connectivity index (χ3v) is 7.08. The van der Waals surface area contributed by atoms with Gasteiger partial charge in [-0.3, -0.25) is 0 Å². The summed E-state index contributed by atoms with van der Waals surface area (Å²) in [4.78, 5) is 5.46. The Bertz CT molecular complexity index is 1530. The van der Waals surface area contributed by atoms with E-state index < -0.39 is 0 Å². The highest BCUT2D eigenvalue weighted by Crippen LogP contribution is 2.48. The van der Waals surface area contributed by atoms with E-state index in [1.807, 2.05) is 0 Å². The normalized spacial score (nSPS) is 10.8. The van der Waals surface area contributed by atoms with Gasteiger partial charge in [0.2, 0.25) is 0 Å². The number of halogens is 1. The molecule has 0 N–H and O–H groups in total. The SMILES string of the molecule is Brc1ccc(-c2c(-c3ccccc3)c(-c3ccccc3)nc(-c3ccccc3)c2-c2ccccc2)cc1. The lowest BCUT2D eigenvalue weighted by atomic mass is 9.83. The molecule has 0 aliphatic heterocycles. The Labute approximate surface area is 226 Å². The highest BCUT2D eigenvalue weighted by atomic mass is 79.9. The Hall–Kier alpha value is -4.27. The van der Waals surface area contributed by atoms with Gasteiger partial charge >= 0.3 is 0 Å². The summed E-state index contributed by atoms with van der Waals surface area (Å²) in [5, 5.41) is 0. The van der Waals surface area contributed by atoms with Crippen LogP contribution in [0, 0.1) is 0 Å². The van der Waals surface area contributed by atoms with Crippen LogP contribution in [0.5, 0.6) is 0 Å². The van der Waals surface area contributed by atoms with Gasteiger partial charge in [0, 0.05) is 32.3 Å². The fraction of sp³-hybridized carbons (Fsp3) is 0. The number of hydrogen-bond donors (Lipinski definition) is 0. The standard InChI is InChI=1S/C35H24BrN/c36-30-23-21-27(22-24-30)31-32(25-13-5-1-6-14-25)34(28-17-9-3-10-18-28)37-35(29-19-11-4-12-20-29)33(31)26-15-7-2-8-16-26/h1-24H. The number of hydrogen-bond acceptors (Lipinski definition) is 1. The van der Waals surface area contributed by atoms with E-state index in [0.29, 0.717) is 0 Å². The van der Waals surface area contributed by atoms with Gasteiger partial charge in [-0.1, -0.05) is 149 Å².